The largest absolute Gasteiger partial charge is 0.478 e. The first-order chi connectivity index (χ1) is 20.2. The Bertz CT molecular complexity index is 1330. The summed E-state index contributed by atoms with van der Waals surface area (Å²) in [5, 5.41) is 36.0. The Morgan fingerprint density at radius 1 is 0.381 bits per heavy atom. The zero-order valence-electron chi connectivity index (χ0n) is 21.7. The van der Waals surface area contributed by atoms with Crippen LogP contribution in [0, 0.1) is 0 Å². The van der Waals surface area contributed by atoms with Gasteiger partial charge < -0.3 is 39.4 Å². The summed E-state index contributed by atoms with van der Waals surface area (Å²) in [5.41, 5.74) is 0.0282. The predicted molar refractivity (Wildman–Crippen MR) is 146 cm³/mol. The van der Waals surface area contributed by atoms with E-state index in [0.29, 0.717) is 0 Å². The molecule has 0 aromatic heterocycles. The first-order valence-electron chi connectivity index (χ1n) is 12.0. The van der Waals surface area contributed by atoms with Gasteiger partial charge in [0.1, 0.15) is 45.3 Å². The lowest BCUT2D eigenvalue weighted by Crippen LogP contribution is -2.11. The fourth-order valence-corrected chi connectivity index (χ4v) is 3.39. The van der Waals surface area contributed by atoms with Gasteiger partial charge in [0.05, 0.1) is 0 Å². The molecule has 0 atom stereocenters. The van der Waals surface area contributed by atoms with Crippen molar-refractivity contribution in [3.63, 3.8) is 0 Å². The Hall–Kier alpha value is -6.04. The maximum absolute atomic E-state index is 11.0. The van der Waals surface area contributed by atoms with E-state index in [0.717, 1.165) is 0 Å². The van der Waals surface area contributed by atoms with E-state index in [2.05, 4.69) is 0 Å². The summed E-state index contributed by atoms with van der Waals surface area (Å²) < 4.78 is 21.0. The molecule has 4 aromatic carbocycles. The Labute approximate surface area is 238 Å². The summed E-state index contributed by atoms with van der Waals surface area (Å²) in [7, 11) is 0. The molecule has 0 spiro atoms. The number of hydrogen-bond donors (Lipinski definition) is 4. The fourth-order valence-electron chi connectivity index (χ4n) is 3.39. The number of para-hydroxylation sites is 4. The van der Waals surface area contributed by atoms with Crippen molar-refractivity contribution in [1.29, 1.82) is 0 Å². The summed E-state index contributed by atoms with van der Waals surface area (Å²) >= 11 is 0. The highest BCUT2D eigenvalue weighted by molar-refractivity contribution is 5.92. The first kappa shape index (κ1) is 30.5. The number of aromatic carboxylic acids is 4. The van der Waals surface area contributed by atoms with E-state index in [9.17, 15) is 19.2 Å². The van der Waals surface area contributed by atoms with Crippen LogP contribution >= 0.6 is 0 Å². The number of hydrogen-bond acceptors (Lipinski definition) is 8. The van der Waals surface area contributed by atoms with Crippen LogP contribution in [-0.4, -0.2) is 57.9 Å². The van der Waals surface area contributed by atoms with Gasteiger partial charge in [-0.05, 0) is 48.5 Å². The van der Waals surface area contributed by atoms with Crippen LogP contribution in [0.3, 0.4) is 0 Å². The molecule has 0 aliphatic heterocycles. The molecule has 12 heteroatoms. The van der Waals surface area contributed by atoms with Gasteiger partial charge in [0.25, 0.3) is 0 Å². The van der Waals surface area contributed by atoms with Crippen LogP contribution < -0.4 is 18.9 Å². The van der Waals surface area contributed by atoms with Crippen molar-refractivity contribution in [2.75, 3.05) is 13.6 Å². The predicted octanol–water partition coefficient (Wildman–Crippen LogP) is 5.00. The number of carbonyl (C=O) groups is 4. The molecule has 0 aliphatic rings. The third-order valence-electron chi connectivity index (χ3n) is 5.33. The van der Waals surface area contributed by atoms with Gasteiger partial charge in [0, 0.05) is 0 Å². The average Bonchev–Trinajstić information content (AvgIpc) is 2.98. The van der Waals surface area contributed by atoms with Crippen molar-refractivity contribution < 1.29 is 58.6 Å². The van der Waals surface area contributed by atoms with E-state index in [4.69, 9.17) is 39.4 Å². The molecule has 0 saturated carbocycles. The quantitative estimate of drug-likeness (QED) is 0.166. The van der Waals surface area contributed by atoms with Crippen molar-refractivity contribution in [2.45, 2.75) is 0 Å². The van der Waals surface area contributed by atoms with Crippen LogP contribution in [-0.2, 0) is 0 Å². The minimum atomic E-state index is -1.11. The SMILES string of the molecule is O=C(O)c1ccccc1OCOc1ccccc1C(=O)O.O=C(O)c1ccccc1OCOc1ccccc1C(=O)O. The monoisotopic (exact) mass is 576 g/mol. The third-order valence-corrected chi connectivity index (χ3v) is 5.33. The van der Waals surface area contributed by atoms with Gasteiger partial charge in [-0.15, -0.1) is 0 Å². The molecular formula is C30H24O12. The lowest BCUT2D eigenvalue weighted by molar-refractivity contribution is 0.0656. The highest BCUT2D eigenvalue weighted by Crippen LogP contribution is 2.22. The van der Waals surface area contributed by atoms with E-state index in [1.807, 2.05) is 0 Å². The Balaban J connectivity index is 0.000000230. The number of rotatable bonds is 12. The number of carboxylic acid groups (broad SMARTS) is 4. The first-order valence-corrected chi connectivity index (χ1v) is 12.0. The van der Waals surface area contributed by atoms with Crippen molar-refractivity contribution in [3.8, 4) is 23.0 Å². The summed E-state index contributed by atoms with van der Waals surface area (Å²) in [6.45, 7) is -0.594. The van der Waals surface area contributed by atoms with E-state index in [-0.39, 0.29) is 58.8 Å². The fraction of sp³-hybridized carbons (Fsp3) is 0.0667. The van der Waals surface area contributed by atoms with Gasteiger partial charge in [-0.2, -0.15) is 0 Å². The molecule has 216 valence electrons. The molecular weight excluding hydrogens is 552 g/mol. The maximum atomic E-state index is 11.0. The lowest BCUT2D eigenvalue weighted by Gasteiger charge is -2.11. The minimum Gasteiger partial charge on any atom is -0.478 e. The average molecular weight is 577 g/mol. The van der Waals surface area contributed by atoms with Crippen LogP contribution in [0.4, 0.5) is 0 Å². The molecule has 4 rings (SSSR count). The van der Waals surface area contributed by atoms with Crippen molar-refractivity contribution in [2.24, 2.45) is 0 Å². The van der Waals surface area contributed by atoms with Crippen molar-refractivity contribution in [3.05, 3.63) is 119 Å². The second kappa shape index (κ2) is 14.9. The summed E-state index contributed by atoms with van der Waals surface area (Å²) in [6.07, 6.45) is 0. The number of benzene rings is 4. The highest BCUT2D eigenvalue weighted by atomic mass is 16.7. The zero-order chi connectivity index (χ0) is 30.5. The summed E-state index contributed by atoms with van der Waals surface area (Å²) in [4.78, 5) is 44.0. The van der Waals surface area contributed by atoms with Crippen molar-refractivity contribution in [1.82, 2.24) is 0 Å². The Kier molecular flexibility index (Phi) is 10.8. The van der Waals surface area contributed by atoms with E-state index < -0.39 is 23.9 Å². The second-order valence-corrected chi connectivity index (χ2v) is 8.02. The van der Waals surface area contributed by atoms with Gasteiger partial charge in [-0.1, -0.05) is 48.5 Å². The topological polar surface area (TPSA) is 186 Å². The van der Waals surface area contributed by atoms with Crippen LogP contribution in [0.1, 0.15) is 41.4 Å². The molecule has 0 amide bonds. The van der Waals surface area contributed by atoms with Crippen LogP contribution in [0.2, 0.25) is 0 Å². The standard InChI is InChI=1S/2C15H12O6/c2*16-14(17)10-5-1-3-7-12(10)20-9-21-13-8-4-2-6-11(13)15(18)19/h2*1-8H,9H2,(H,16,17)(H,18,19). The van der Waals surface area contributed by atoms with E-state index in [1.165, 1.54) is 48.5 Å². The minimum absolute atomic E-state index is 0.00706. The maximum Gasteiger partial charge on any atom is 0.339 e. The number of ether oxygens (including phenoxy) is 4. The van der Waals surface area contributed by atoms with Crippen LogP contribution in [0.15, 0.2) is 97.1 Å². The Morgan fingerprint density at radius 3 is 0.762 bits per heavy atom. The molecule has 0 saturated heterocycles. The molecule has 0 heterocycles. The molecule has 12 nitrogen and oxygen atoms in total. The third kappa shape index (κ3) is 8.48. The highest BCUT2D eigenvalue weighted by Gasteiger charge is 2.14. The molecule has 4 N–H and O–H groups in total. The van der Waals surface area contributed by atoms with E-state index >= 15 is 0 Å². The summed E-state index contributed by atoms with van der Waals surface area (Å²) in [5.74, 6) is -3.85. The van der Waals surface area contributed by atoms with Crippen molar-refractivity contribution >= 4 is 23.9 Å². The van der Waals surface area contributed by atoms with Gasteiger partial charge in [-0.25, -0.2) is 19.2 Å². The molecule has 0 aliphatic carbocycles. The Morgan fingerprint density at radius 2 is 0.571 bits per heavy atom. The molecule has 0 radical (unpaired) electrons. The molecule has 4 aromatic rings. The smallest absolute Gasteiger partial charge is 0.339 e. The molecule has 0 fully saturated rings. The van der Waals surface area contributed by atoms with Gasteiger partial charge in [-0.3, -0.25) is 0 Å². The number of carboxylic acids is 4. The lowest BCUT2D eigenvalue weighted by atomic mass is 10.2. The molecule has 0 unspecified atom stereocenters. The van der Waals surface area contributed by atoms with E-state index in [1.54, 1.807) is 48.5 Å². The van der Waals surface area contributed by atoms with Gasteiger partial charge in [0.15, 0.2) is 0 Å². The zero-order valence-corrected chi connectivity index (χ0v) is 21.7. The summed E-state index contributed by atoms with van der Waals surface area (Å²) in [6, 6.07) is 24.5. The van der Waals surface area contributed by atoms with Gasteiger partial charge in [0.2, 0.25) is 13.6 Å². The normalized spacial score (nSPS) is 9.90. The molecule has 42 heavy (non-hydrogen) atoms. The van der Waals surface area contributed by atoms with Crippen LogP contribution in [0.5, 0.6) is 23.0 Å². The molecule has 0 bridgehead atoms. The van der Waals surface area contributed by atoms with Gasteiger partial charge >= 0.3 is 23.9 Å². The second-order valence-electron chi connectivity index (χ2n) is 8.02. The van der Waals surface area contributed by atoms with Crippen LogP contribution in [0.25, 0.3) is 0 Å².